The summed E-state index contributed by atoms with van der Waals surface area (Å²) >= 11 is 1.03. The Balaban J connectivity index is 2.07. The third-order valence-corrected chi connectivity index (χ3v) is 6.35. The van der Waals surface area contributed by atoms with Crippen LogP contribution in [0.4, 0.5) is 0 Å². The molecule has 20 heavy (non-hydrogen) atoms. The molecular weight excluding hydrogens is 300 g/mol. The zero-order valence-electron chi connectivity index (χ0n) is 10.9. The number of carbonyl (C=O) groups excluding carboxylic acids is 1. The second kappa shape index (κ2) is 5.45. The largest absolute Gasteiger partial charge is 0.508 e. The van der Waals surface area contributed by atoms with Crippen LogP contribution in [0.15, 0.2) is 29.3 Å². The summed E-state index contributed by atoms with van der Waals surface area (Å²) in [5.74, 6) is -0.322. The molecule has 2 N–H and O–H groups in total. The summed E-state index contributed by atoms with van der Waals surface area (Å²) in [6.45, 7) is 1.69. The molecule has 1 amide bonds. The molecule has 1 aromatic carbocycles. The third kappa shape index (κ3) is 3.31. The zero-order valence-corrected chi connectivity index (χ0v) is 12.5. The molecule has 0 spiro atoms. The first-order valence-corrected chi connectivity index (χ1v) is 8.64. The molecule has 2 rings (SSSR count). The van der Waals surface area contributed by atoms with Crippen LogP contribution in [0.5, 0.6) is 5.75 Å². The molecule has 0 fully saturated rings. The number of hydrogen-bond acceptors (Lipinski definition) is 6. The predicted octanol–water partition coefficient (Wildman–Crippen LogP) is 0.984. The fraction of sp³-hybridized carbons (Fsp3) is 0.333. The van der Waals surface area contributed by atoms with E-state index >= 15 is 0 Å². The van der Waals surface area contributed by atoms with Crippen LogP contribution in [-0.4, -0.2) is 41.5 Å². The number of thioether (sulfide) groups is 1. The summed E-state index contributed by atoms with van der Waals surface area (Å²) in [4.78, 5) is 16.1. The average Bonchev–Trinajstić information content (AvgIpc) is 2.70. The molecule has 1 aromatic rings. The molecule has 0 aliphatic carbocycles. The minimum absolute atomic E-state index is 0.0693. The zero-order chi connectivity index (χ0) is 14.9. The number of rotatable bonds is 2. The Kier molecular flexibility index (Phi) is 4.05. The number of nitrogens with zero attached hydrogens (tertiary/aromatic N) is 1. The van der Waals surface area contributed by atoms with Crippen molar-refractivity contribution in [3.63, 3.8) is 0 Å². The van der Waals surface area contributed by atoms with Crippen molar-refractivity contribution in [3.8, 4) is 5.75 Å². The van der Waals surface area contributed by atoms with Crippen LogP contribution in [-0.2, 0) is 9.84 Å². The molecule has 0 bridgehead atoms. The highest BCUT2D eigenvalue weighted by Gasteiger charge is 2.35. The highest BCUT2D eigenvalue weighted by atomic mass is 32.3. The van der Waals surface area contributed by atoms with Gasteiger partial charge in [0.1, 0.15) is 10.3 Å². The topological polar surface area (TPSA) is 95.8 Å². The van der Waals surface area contributed by atoms with Crippen LogP contribution in [0.2, 0.25) is 0 Å². The number of phenolic OH excluding ortho intramolecular Hbond substituents is 1. The van der Waals surface area contributed by atoms with E-state index in [-0.39, 0.29) is 5.75 Å². The van der Waals surface area contributed by atoms with Crippen LogP contribution in [0.3, 0.4) is 0 Å². The first-order valence-electron chi connectivity index (χ1n) is 5.81. The van der Waals surface area contributed by atoms with Gasteiger partial charge in [0.05, 0.1) is 6.04 Å². The molecule has 2 atom stereocenters. The summed E-state index contributed by atoms with van der Waals surface area (Å²) in [5.41, 5.74) is 0.363. The number of aromatic hydroxyl groups is 1. The van der Waals surface area contributed by atoms with Gasteiger partial charge in [-0.1, -0.05) is 11.8 Å². The smallest absolute Gasteiger partial charge is 0.257 e. The van der Waals surface area contributed by atoms with Crippen LogP contribution in [0.1, 0.15) is 17.3 Å². The third-order valence-electron chi connectivity index (χ3n) is 2.71. The van der Waals surface area contributed by atoms with Gasteiger partial charge in [0, 0.05) is 11.8 Å². The Hall–Kier alpha value is -1.54. The predicted molar refractivity (Wildman–Crippen MR) is 78.7 cm³/mol. The first kappa shape index (κ1) is 14.9. The SMILES string of the molecule is CC1N=C(NC(=O)c2ccc(O)cc2)SC1S(C)(=O)=O. The van der Waals surface area contributed by atoms with E-state index < -0.39 is 26.4 Å². The number of amidine groups is 1. The molecule has 0 radical (unpaired) electrons. The van der Waals surface area contributed by atoms with Gasteiger partial charge in [-0.2, -0.15) is 0 Å². The van der Waals surface area contributed by atoms with Crippen LogP contribution < -0.4 is 5.32 Å². The molecular formula is C12H14N2O4S2. The van der Waals surface area contributed by atoms with Crippen molar-refractivity contribution in [2.24, 2.45) is 4.99 Å². The standard InChI is InChI=1S/C12H14N2O4S2/c1-7-11(20(2,17)18)19-12(13-7)14-10(16)8-3-5-9(15)6-4-8/h3-7,11,15H,1-2H3,(H,13,14,16). The van der Waals surface area contributed by atoms with Crippen molar-refractivity contribution in [2.75, 3.05) is 6.26 Å². The van der Waals surface area contributed by atoms with Crippen molar-refractivity contribution in [1.82, 2.24) is 5.32 Å². The van der Waals surface area contributed by atoms with Gasteiger partial charge in [-0.25, -0.2) is 8.42 Å². The number of phenols is 1. The highest BCUT2D eigenvalue weighted by molar-refractivity contribution is 8.23. The average molecular weight is 314 g/mol. The van der Waals surface area contributed by atoms with E-state index in [0.717, 1.165) is 18.0 Å². The Morgan fingerprint density at radius 3 is 2.45 bits per heavy atom. The maximum atomic E-state index is 11.9. The summed E-state index contributed by atoms with van der Waals surface area (Å²) in [7, 11) is -3.23. The summed E-state index contributed by atoms with van der Waals surface area (Å²) in [6, 6.07) is 5.36. The lowest BCUT2D eigenvalue weighted by atomic mass is 10.2. The lowest BCUT2D eigenvalue weighted by Gasteiger charge is -2.09. The van der Waals surface area contributed by atoms with Gasteiger partial charge < -0.3 is 10.4 Å². The van der Waals surface area contributed by atoms with Gasteiger partial charge in [0.25, 0.3) is 5.91 Å². The molecule has 1 heterocycles. The minimum Gasteiger partial charge on any atom is -0.508 e. The molecule has 2 unspecified atom stereocenters. The summed E-state index contributed by atoms with van der Waals surface area (Å²) in [6.07, 6.45) is 1.15. The second-order valence-corrected chi connectivity index (χ2v) is 8.09. The van der Waals surface area contributed by atoms with Crippen molar-refractivity contribution < 1.29 is 18.3 Å². The van der Waals surface area contributed by atoms with Crippen molar-refractivity contribution >= 4 is 32.7 Å². The molecule has 8 heteroatoms. The molecule has 108 valence electrons. The van der Waals surface area contributed by atoms with E-state index in [0.29, 0.717) is 10.7 Å². The molecule has 1 aliphatic heterocycles. The van der Waals surface area contributed by atoms with E-state index in [9.17, 15) is 13.2 Å². The minimum atomic E-state index is -3.23. The van der Waals surface area contributed by atoms with Gasteiger partial charge in [-0.05, 0) is 31.2 Å². The highest BCUT2D eigenvalue weighted by Crippen LogP contribution is 2.29. The van der Waals surface area contributed by atoms with E-state index in [1.807, 2.05) is 0 Å². The number of aliphatic imine (C=N–C) groups is 1. The summed E-state index contributed by atoms with van der Waals surface area (Å²) in [5, 5.41) is 12.0. The van der Waals surface area contributed by atoms with Crippen molar-refractivity contribution in [3.05, 3.63) is 29.8 Å². The maximum absolute atomic E-state index is 11.9. The Labute approximate surface area is 121 Å². The van der Waals surface area contributed by atoms with Crippen LogP contribution in [0, 0.1) is 0 Å². The molecule has 1 aliphatic rings. The monoisotopic (exact) mass is 314 g/mol. The fourth-order valence-corrected chi connectivity index (χ4v) is 4.38. The van der Waals surface area contributed by atoms with E-state index in [1.54, 1.807) is 6.92 Å². The number of benzene rings is 1. The van der Waals surface area contributed by atoms with E-state index in [1.165, 1.54) is 24.3 Å². The Morgan fingerprint density at radius 1 is 1.35 bits per heavy atom. The number of nitrogens with one attached hydrogen (secondary N) is 1. The van der Waals surface area contributed by atoms with Crippen molar-refractivity contribution in [1.29, 1.82) is 0 Å². The van der Waals surface area contributed by atoms with Gasteiger partial charge in [0.2, 0.25) is 0 Å². The second-order valence-electron chi connectivity index (χ2n) is 4.49. The number of amides is 1. The quantitative estimate of drug-likeness (QED) is 0.848. The maximum Gasteiger partial charge on any atom is 0.257 e. The number of carbonyl (C=O) groups is 1. The fourth-order valence-electron chi connectivity index (χ4n) is 1.77. The van der Waals surface area contributed by atoms with Gasteiger partial charge in [0.15, 0.2) is 15.0 Å². The molecule has 6 nitrogen and oxygen atoms in total. The molecule has 0 saturated heterocycles. The van der Waals surface area contributed by atoms with Gasteiger partial charge >= 0.3 is 0 Å². The van der Waals surface area contributed by atoms with Crippen molar-refractivity contribution in [2.45, 2.75) is 17.5 Å². The Bertz CT molecular complexity index is 653. The lowest BCUT2D eigenvalue weighted by Crippen LogP contribution is -2.28. The number of sulfone groups is 1. The first-order chi connectivity index (χ1) is 9.27. The Morgan fingerprint density at radius 2 is 1.95 bits per heavy atom. The lowest BCUT2D eigenvalue weighted by molar-refractivity contribution is 0.0978. The molecule has 0 saturated carbocycles. The van der Waals surface area contributed by atoms with E-state index in [4.69, 9.17) is 5.11 Å². The summed E-state index contributed by atoms with van der Waals surface area (Å²) < 4.78 is 22.4. The molecule has 0 aromatic heterocycles. The number of hydrogen-bond donors (Lipinski definition) is 2. The van der Waals surface area contributed by atoms with Gasteiger partial charge in [-0.15, -0.1) is 0 Å². The van der Waals surface area contributed by atoms with Crippen LogP contribution >= 0.6 is 11.8 Å². The normalized spacial score (nSPS) is 22.4. The van der Waals surface area contributed by atoms with Crippen LogP contribution in [0.25, 0.3) is 0 Å². The van der Waals surface area contributed by atoms with E-state index in [2.05, 4.69) is 10.3 Å². The van der Waals surface area contributed by atoms with Gasteiger partial charge in [-0.3, -0.25) is 9.79 Å².